The second-order valence-electron chi connectivity index (χ2n) is 5.43. The van der Waals surface area contributed by atoms with E-state index in [2.05, 4.69) is 0 Å². The summed E-state index contributed by atoms with van der Waals surface area (Å²) >= 11 is 0. The van der Waals surface area contributed by atoms with Gasteiger partial charge < -0.3 is 19.9 Å². The Balaban J connectivity index is 2.84. The molecular formula is C17H22N2O6. The predicted octanol–water partition coefficient (Wildman–Crippen LogP) is 1.48. The third-order valence-electron chi connectivity index (χ3n) is 3.14. The minimum absolute atomic E-state index is 0.339. The van der Waals surface area contributed by atoms with Gasteiger partial charge in [-0.15, -0.1) is 0 Å². The van der Waals surface area contributed by atoms with Crippen LogP contribution in [0.2, 0.25) is 0 Å². The van der Waals surface area contributed by atoms with E-state index >= 15 is 0 Å². The van der Waals surface area contributed by atoms with Gasteiger partial charge >= 0.3 is 12.0 Å². The monoisotopic (exact) mass is 350 g/mol. The van der Waals surface area contributed by atoms with Gasteiger partial charge in [0.2, 0.25) is 0 Å². The average molecular weight is 350 g/mol. The van der Waals surface area contributed by atoms with Gasteiger partial charge in [0.25, 0.3) is 5.91 Å². The first-order valence-corrected chi connectivity index (χ1v) is 7.49. The lowest BCUT2D eigenvalue weighted by atomic mass is 10.1. The van der Waals surface area contributed by atoms with Crippen LogP contribution in [0.25, 0.3) is 6.08 Å². The number of primary amides is 1. The van der Waals surface area contributed by atoms with E-state index in [4.69, 9.17) is 19.9 Å². The molecule has 0 aliphatic heterocycles. The van der Waals surface area contributed by atoms with Crippen LogP contribution in [-0.2, 0) is 14.3 Å². The maximum atomic E-state index is 12.0. The molecule has 25 heavy (non-hydrogen) atoms. The Kier molecular flexibility index (Phi) is 7.45. The van der Waals surface area contributed by atoms with E-state index < -0.39 is 24.0 Å². The molecule has 0 heterocycles. The molecule has 8 heteroatoms. The SMILES string of the molecule is COc1cc(/C=C/C(=O)O[C@H](C(=O)NC(N)=O)C(C)C)cc(OC)c1. The summed E-state index contributed by atoms with van der Waals surface area (Å²) in [5.74, 6) is -0.720. The molecule has 3 N–H and O–H groups in total. The highest BCUT2D eigenvalue weighted by Crippen LogP contribution is 2.23. The third-order valence-corrected chi connectivity index (χ3v) is 3.14. The number of urea groups is 1. The number of imide groups is 1. The van der Waals surface area contributed by atoms with Crippen molar-refractivity contribution in [2.45, 2.75) is 20.0 Å². The van der Waals surface area contributed by atoms with Crippen molar-refractivity contribution in [3.05, 3.63) is 29.8 Å². The summed E-state index contributed by atoms with van der Waals surface area (Å²) in [6, 6.07) is 4.09. The smallest absolute Gasteiger partial charge is 0.331 e. The summed E-state index contributed by atoms with van der Waals surface area (Å²) in [7, 11) is 3.03. The number of hydrogen-bond acceptors (Lipinski definition) is 6. The van der Waals surface area contributed by atoms with Gasteiger partial charge in [-0.3, -0.25) is 10.1 Å². The first-order chi connectivity index (χ1) is 11.8. The summed E-state index contributed by atoms with van der Waals surface area (Å²) in [6.45, 7) is 3.35. The third kappa shape index (κ3) is 6.54. The molecule has 0 saturated carbocycles. The van der Waals surface area contributed by atoms with Crippen LogP contribution in [0.3, 0.4) is 0 Å². The molecule has 0 fully saturated rings. The molecule has 3 amide bonds. The van der Waals surface area contributed by atoms with Crippen molar-refractivity contribution in [2.24, 2.45) is 11.7 Å². The van der Waals surface area contributed by atoms with E-state index in [1.807, 2.05) is 5.32 Å². The number of methoxy groups -OCH3 is 2. The summed E-state index contributed by atoms with van der Waals surface area (Å²) in [6.07, 6.45) is 1.53. The zero-order chi connectivity index (χ0) is 19.0. The molecule has 8 nitrogen and oxygen atoms in total. The van der Waals surface area contributed by atoms with Gasteiger partial charge in [0, 0.05) is 12.1 Å². The van der Waals surface area contributed by atoms with Crippen molar-refractivity contribution in [1.29, 1.82) is 0 Å². The molecule has 1 rings (SSSR count). The lowest BCUT2D eigenvalue weighted by Gasteiger charge is -2.18. The molecule has 0 aliphatic rings. The molecule has 0 saturated heterocycles. The van der Waals surface area contributed by atoms with Crippen molar-refractivity contribution >= 4 is 24.0 Å². The normalized spacial score (nSPS) is 11.9. The highest BCUT2D eigenvalue weighted by atomic mass is 16.5. The zero-order valence-corrected chi connectivity index (χ0v) is 14.6. The van der Waals surface area contributed by atoms with Crippen molar-refractivity contribution in [3.8, 4) is 11.5 Å². The Morgan fingerprint density at radius 3 is 2.08 bits per heavy atom. The van der Waals surface area contributed by atoms with Gasteiger partial charge in [-0.1, -0.05) is 13.8 Å². The second-order valence-corrected chi connectivity index (χ2v) is 5.43. The van der Waals surface area contributed by atoms with E-state index in [-0.39, 0.29) is 5.92 Å². The maximum Gasteiger partial charge on any atom is 0.331 e. The van der Waals surface area contributed by atoms with Crippen LogP contribution in [0.15, 0.2) is 24.3 Å². The number of hydrogen-bond donors (Lipinski definition) is 2. The van der Waals surface area contributed by atoms with Gasteiger partial charge in [-0.2, -0.15) is 0 Å². The fourth-order valence-corrected chi connectivity index (χ4v) is 1.94. The molecule has 0 spiro atoms. The number of nitrogens with two attached hydrogens (primary N) is 1. The van der Waals surface area contributed by atoms with Gasteiger partial charge in [0.15, 0.2) is 6.10 Å². The molecule has 0 unspecified atom stereocenters. The van der Waals surface area contributed by atoms with Crippen molar-refractivity contribution < 1.29 is 28.6 Å². The number of amides is 3. The topological polar surface area (TPSA) is 117 Å². The van der Waals surface area contributed by atoms with Gasteiger partial charge in [-0.05, 0) is 29.7 Å². The van der Waals surface area contributed by atoms with Crippen LogP contribution >= 0.6 is 0 Å². The Labute approximate surface area is 145 Å². The number of ether oxygens (including phenoxy) is 3. The Morgan fingerprint density at radius 1 is 1.08 bits per heavy atom. The fourth-order valence-electron chi connectivity index (χ4n) is 1.94. The first kappa shape index (κ1) is 20.0. The second kappa shape index (κ2) is 9.31. The Morgan fingerprint density at radius 2 is 1.64 bits per heavy atom. The van der Waals surface area contributed by atoms with E-state index in [0.29, 0.717) is 17.1 Å². The molecule has 0 bridgehead atoms. The highest BCUT2D eigenvalue weighted by Gasteiger charge is 2.26. The minimum Gasteiger partial charge on any atom is -0.497 e. The van der Waals surface area contributed by atoms with E-state index in [1.165, 1.54) is 26.4 Å². The quantitative estimate of drug-likeness (QED) is 0.568. The van der Waals surface area contributed by atoms with E-state index in [1.54, 1.807) is 32.0 Å². The first-order valence-electron chi connectivity index (χ1n) is 7.49. The number of benzene rings is 1. The average Bonchev–Trinajstić information content (AvgIpc) is 2.56. The van der Waals surface area contributed by atoms with Crippen LogP contribution in [0.4, 0.5) is 4.79 Å². The van der Waals surface area contributed by atoms with Crippen LogP contribution in [0, 0.1) is 5.92 Å². The van der Waals surface area contributed by atoms with Gasteiger partial charge in [-0.25, -0.2) is 9.59 Å². The lowest BCUT2D eigenvalue weighted by Crippen LogP contribution is -2.45. The summed E-state index contributed by atoms with van der Waals surface area (Å²) < 4.78 is 15.4. The zero-order valence-electron chi connectivity index (χ0n) is 14.6. The van der Waals surface area contributed by atoms with Crippen LogP contribution in [-0.4, -0.2) is 38.2 Å². The largest absolute Gasteiger partial charge is 0.497 e. The number of rotatable bonds is 7. The number of carbonyl (C=O) groups is 3. The van der Waals surface area contributed by atoms with Crippen molar-refractivity contribution in [3.63, 3.8) is 0 Å². The summed E-state index contributed by atoms with van der Waals surface area (Å²) in [4.78, 5) is 34.6. The molecule has 136 valence electrons. The van der Waals surface area contributed by atoms with Crippen LogP contribution in [0.1, 0.15) is 19.4 Å². The Hall–Kier alpha value is -3.03. The highest BCUT2D eigenvalue weighted by molar-refractivity contribution is 5.97. The Bertz CT molecular complexity index is 647. The van der Waals surface area contributed by atoms with E-state index in [0.717, 1.165) is 0 Å². The standard InChI is InChI=1S/C17H22N2O6/c1-10(2)15(16(21)19-17(18)22)25-14(20)6-5-11-7-12(23-3)9-13(8-11)24-4/h5-10,15H,1-4H3,(H3,18,19,21,22)/b6-5+/t15-/m0/s1. The molecule has 1 aromatic carbocycles. The van der Waals surface area contributed by atoms with Crippen LogP contribution in [0.5, 0.6) is 11.5 Å². The number of carbonyl (C=O) groups excluding carboxylic acids is 3. The van der Waals surface area contributed by atoms with Crippen LogP contribution < -0.4 is 20.5 Å². The number of esters is 1. The minimum atomic E-state index is -1.13. The number of nitrogens with one attached hydrogen (secondary N) is 1. The molecule has 1 aromatic rings. The fraction of sp³-hybridized carbons (Fsp3) is 0.353. The molecular weight excluding hydrogens is 328 g/mol. The lowest BCUT2D eigenvalue weighted by molar-refractivity contribution is -0.153. The van der Waals surface area contributed by atoms with Crippen molar-refractivity contribution in [1.82, 2.24) is 5.32 Å². The molecule has 1 atom stereocenters. The molecule has 0 radical (unpaired) electrons. The summed E-state index contributed by atoms with van der Waals surface area (Å²) in [5, 5.41) is 1.90. The summed E-state index contributed by atoms with van der Waals surface area (Å²) in [5.41, 5.74) is 5.55. The van der Waals surface area contributed by atoms with Gasteiger partial charge in [0.1, 0.15) is 11.5 Å². The maximum absolute atomic E-state index is 12.0. The molecule has 0 aliphatic carbocycles. The predicted molar refractivity (Wildman–Crippen MR) is 91.0 cm³/mol. The van der Waals surface area contributed by atoms with E-state index in [9.17, 15) is 14.4 Å². The molecule has 0 aromatic heterocycles. The van der Waals surface area contributed by atoms with Gasteiger partial charge in [0.05, 0.1) is 14.2 Å². The van der Waals surface area contributed by atoms with Crippen molar-refractivity contribution in [2.75, 3.05) is 14.2 Å².